The Hall–Kier alpha value is -3.39. The van der Waals surface area contributed by atoms with E-state index in [0.717, 1.165) is 10.9 Å². The summed E-state index contributed by atoms with van der Waals surface area (Å²) in [6.07, 6.45) is 4.94. The van der Waals surface area contributed by atoms with E-state index in [9.17, 15) is 4.79 Å². The van der Waals surface area contributed by atoms with Crippen molar-refractivity contribution in [2.75, 3.05) is 11.1 Å². The molecule has 0 bridgehead atoms. The molecule has 8 heteroatoms. The number of nitrogens with two attached hydrogens (primary N) is 1. The first-order valence-corrected chi connectivity index (χ1v) is 8.28. The van der Waals surface area contributed by atoms with Crippen molar-refractivity contribution in [3.8, 4) is 11.5 Å². The Morgan fingerprint density at radius 1 is 1.12 bits per heavy atom. The van der Waals surface area contributed by atoms with Gasteiger partial charge in [-0.25, -0.2) is 14.8 Å². The molecular weight excluding hydrogens is 338 g/mol. The molecule has 0 radical (unpaired) electrons. The van der Waals surface area contributed by atoms with Crippen LogP contribution < -0.4 is 15.8 Å². The molecule has 7 nitrogen and oxygen atoms in total. The minimum Gasteiger partial charge on any atom is -0.457 e. The quantitative estimate of drug-likeness (QED) is 0.583. The van der Waals surface area contributed by atoms with Gasteiger partial charge >= 0.3 is 6.03 Å². The summed E-state index contributed by atoms with van der Waals surface area (Å²) in [7, 11) is 0. The van der Waals surface area contributed by atoms with Crippen LogP contribution in [0.4, 0.5) is 15.7 Å². The number of nitrogens with zero attached hydrogens (tertiary/aromatic N) is 3. The summed E-state index contributed by atoms with van der Waals surface area (Å²) in [6.45, 7) is 0. The maximum atomic E-state index is 12.4. The van der Waals surface area contributed by atoms with Gasteiger partial charge in [0.1, 0.15) is 17.3 Å². The van der Waals surface area contributed by atoms with Crippen LogP contribution in [0, 0.1) is 0 Å². The standard InChI is InChI=1S/C17H13N5O2S/c18-15-10-13(3-5-19-15)24-12-1-2-14-11(9-12)4-7-22(14)17(23)21-16-20-6-8-25-16/h1-10H,(H2,18,19)(H,20,21,23). The number of hydrogen-bond donors (Lipinski definition) is 2. The first-order valence-electron chi connectivity index (χ1n) is 7.40. The van der Waals surface area contributed by atoms with E-state index in [2.05, 4.69) is 15.3 Å². The summed E-state index contributed by atoms with van der Waals surface area (Å²) >= 11 is 1.37. The molecule has 0 fully saturated rings. The molecule has 0 atom stereocenters. The Kier molecular flexibility index (Phi) is 3.79. The molecule has 0 aliphatic heterocycles. The number of pyridine rings is 1. The Bertz CT molecular complexity index is 1040. The number of rotatable bonds is 3. The maximum Gasteiger partial charge on any atom is 0.332 e. The van der Waals surface area contributed by atoms with E-state index in [1.807, 2.05) is 18.2 Å². The van der Waals surface area contributed by atoms with E-state index in [1.165, 1.54) is 15.9 Å². The van der Waals surface area contributed by atoms with Crippen molar-refractivity contribution in [3.63, 3.8) is 0 Å². The van der Waals surface area contributed by atoms with Crippen molar-refractivity contribution in [1.82, 2.24) is 14.5 Å². The SMILES string of the molecule is Nc1cc(Oc2ccc3c(ccn3C(=O)Nc3nccs3)c2)ccn1. The van der Waals surface area contributed by atoms with Crippen molar-refractivity contribution < 1.29 is 9.53 Å². The Labute approximate surface area is 146 Å². The lowest BCUT2D eigenvalue weighted by Gasteiger charge is -2.07. The zero-order valence-electron chi connectivity index (χ0n) is 12.9. The number of ether oxygens (including phenoxy) is 1. The molecule has 3 N–H and O–H groups in total. The molecule has 124 valence electrons. The summed E-state index contributed by atoms with van der Waals surface area (Å²) in [5, 5.41) is 6.00. The number of hydrogen-bond acceptors (Lipinski definition) is 6. The molecule has 3 heterocycles. The highest BCUT2D eigenvalue weighted by atomic mass is 32.1. The topological polar surface area (TPSA) is 95.1 Å². The number of nitrogens with one attached hydrogen (secondary N) is 1. The van der Waals surface area contributed by atoms with Crippen LogP contribution in [0.15, 0.2) is 60.4 Å². The van der Waals surface area contributed by atoms with Crippen LogP contribution in [0.1, 0.15) is 0 Å². The molecule has 0 aliphatic carbocycles. The van der Waals surface area contributed by atoms with Crippen molar-refractivity contribution in [1.29, 1.82) is 0 Å². The second-order valence-corrected chi connectivity index (χ2v) is 6.09. The number of benzene rings is 1. The average molecular weight is 351 g/mol. The van der Waals surface area contributed by atoms with Crippen LogP contribution in [-0.2, 0) is 0 Å². The summed E-state index contributed by atoms with van der Waals surface area (Å²) < 4.78 is 7.32. The number of thiazole rings is 1. The fourth-order valence-corrected chi connectivity index (χ4v) is 2.94. The number of carbonyl (C=O) groups excluding carboxylic acids is 1. The monoisotopic (exact) mass is 351 g/mol. The van der Waals surface area contributed by atoms with Crippen molar-refractivity contribution >= 4 is 39.2 Å². The van der Waals surface area contributed by atoms with Crippen LogP contribution in [0.2, 0.25) is 0 Å². The van der Waals surface area contributed by atoms with Crippen LogP contribution in [-0.4, -0.2) is 20.6 Å². The molecule has 4 rings (SSSR count). The number of anilines is 2. The van der Waals surface area contributed by atoms with E-state index in [1.54, 1.807) is 42.2 Å². The number of carbonyl (C=O) groups is 1. The summed E-state index contributed by atoms with van der Waals surface area (Å²) in [4.78, 5) is 20.3. The number of amides is 1. The van der Waals surface area contributed by atoms with Gasteiger partial charge in [0.2, 0.25) is 0 Å². The van der Waals surface area contributed by atoms with E-state index in [-0.39, 0.29) is 6.03 Å². The molecule has 3 aromatic heterocycles. The molecule has 0 spiro atoms. The van der Waals surface area contributed by atoms with Gasteiger partial charge < -0.3 is 10.5 Å². The lowest BCUT2D eigenvalue weighted by molar-refractivity contribution is 0.254. The highest BCUT2D eigenvalue weighted by Crippen LogP contribution is 2.27. The molecule has 0 saturated carbocycles. The summed E-state index contributed by atoms with van der Waals surface area (Å²) in [5.74, 6) is 1.65. The second kappa shape index (κ2) is 6.25. The minimum absolute atomic E-state index is 0.263. The normalized spacial score (nSPS) is 10.7. The highest BCUT2D eigenvalue weighted by molar-refractivity contribution is 7.13. The summed E-state index contributed by atoms with van der Waals surface area (Å²) in [6, 6.07) is 10.5. The predicted molar refractivity (Wildman–Crippen MR) is 97.2 cm³/mol. The molecule has 0 saturated heterocycles. The van der Waals surface area contributed by atoms with E-state index in [4.69, 9.17) is 10.5 Å². The third-order valence-electron chi connectivity index (χ3n) is 3.51. The molecule has 1 amide bonds. The van der Waals surface area contributed by atoms with Gasteiger partial charge in [-0.2, -0.15) is 0 Å². The van der Waals surface area contributed by atoms with Crippen molar-refractivity contribution in [2.24, 2.45) is 0 Å². The number of fused-ring (bicyclic) bond motifs is 1. The van der Waals surface area contributed by atoms with Gasteiger partial charge in [-0.05, 0) is 30.3 Å². The lowest BCUT2D eigenvalue weighted by atomic mass is 10.2. The summed E-state index contributed by atoms with van der Waals surface area (Å²) in [5.41, 5.74) is 6.43. The average Bonchev–Trinajstić information content (AvgIpc) is 3.24. The molecule has 25 heavy (non-hydrogen) atoms. The molecule has 1 aromatic carbocycles. The fourth-order valence-electron chi connectivity index (χ4n) is 2.43. The Morgan fingerprint density at radius 2 is 2.00 bits per heavy atom. The van der Waals surface area contributed by atoms with E-state index in [0.29, 0.717) is 22.4 Å². The van der Waals surface area contributed by atoms with Crippen molar-refractivity contribution in [2.45, 2.75) is 0 Å². The van der Waals surface area contributed by atoms with Gasteiger partial charge in [-0.15, -0.1) is 11.3 Å². The van der Waals surface area contributed by atoms with Crippen LogP contribution in [0.5, 0.6) is 11.5 Å². The predicted octanol–water partition coefficient (Wildman–Crippen LogP) is 3.95. The first kappa shape index (κ1) is 15.2. The Morgan fingerprint density at radius 3 is 2.80 bits per heavy atom. The van der Waals surface area contributed by atoms with Crippen molar-refractivity contribution in [3.05, 3.63) is 60.4 Å². The molecule has 4 aromatic rings. The minimum atomic E-state index is -0.263. The largest absolute Gasteiger partial charge is 0.457 e. The van der Waals surface area contributed by atoms with Crippen LogP contribution in [0.3, 0.4) is 0 Å². The molecule has 0 aliphatic rings. The van der Waals surface area contributed by atoms with E-state index < -0.39 is 0 Å². The van der Waals surface area contributed by atoms with E-state index >= 15 is 0 Å². The van der Waals surface area contributed by atoms with Gasteiger partial charge in [0.25, 0.3) is 0 Å². The zero-order chi connectivity index (χ0) is 17.2. The van der Waals surface area contributed by atoms with Gasteiger partial charge in [0, 0.05) is 35.4 Å². The first-order chi connectivity index (χ1) is 12.2. The maximum absolute atomic E-state index is 12.4. The smallest absolute Gasteiger partial charge is 0.332 e. The third kappa shape index (κ3) is 3.15. The lowest BCUT2D eigenvalue weighted by Crippen LogP contribution is -2.18. The highest BCUT2D eigenvalue weighted by Gasteiger charge is 2.11. The fraction of sp³-hybridized carbons (Fsp3) is 0. The van der Waals surface area contributed by atoms with Gasteiger partial charge in [-0.1, -0.05) is 0 Å². The van der Waals surface area contributed by atoms with Crippen LogP contribution in [0.25, 0.3) is 10.9 Å². The number of nitrogen functional groups attached to an aromatic ring is 1. The Balaban J connectivity index is 1.59. The zero-order valence-corrected chi connectivity index (χ0v) is 13.7. The van der Waals surface area contributed by atoms with Gasteiger partial charge in [-0.3, -0.25) is 9.88 Å². The third-order valence-corrected chi connectivity index (χ3v) is 4.20. The molecular formula is C17H13N5O2S. The second-order valence-electron chi connectivity index (χ2n) is 5.19. The van der Waals surface area contributed by atoms with Crippen LogP contribution >= 0.6 is 11.3 Å². The molecule has 0 unspecified atom stereocenters. The van der Waals surface area contributed by atoms with Gasteiger partial charge in [0.15, 0.2) is 5.13 Å². The van der Waals surface area contributed by atoms with Gasteiger partial charge in [0.05, 0.1) is 5.52 Å². The number of aromatic nitrogens is 3.